The van der Waals surface area contributed by atoms with E-state index in [-0.39, 0.29) is 23.3 Å². The van der Waals surface area contributed by atoms with Crippen LogP contribution < -0.4 is 15.0 Å². The number of hydrogen-bond acceptors (Lipinski definition) is 5. The van der Waals surface area contributed by atoms with Crippen molar-refractivity contribution in [3.05, 3.63) is 58.9 Å². The fraction of sp³-hybridized carbons (Fsp3) is 0.360. The second-order valence-corrected chi connectivity index (χ2v) is 9.06. The Bertz CT molecular complexity index is 1160. The van der Waals surface area contributed by atoms with E-state index in [1.54, 1.807) is 0 Å². The number of piperidine rings is 1. The Balaban J connectivity index is 1.42. The zero-order chi connectivity index (χ0) is 23.5. The van der Waals surface area contributed by atoms with Crippen LogP contribution in [0.1, 0.15) is 18.4 Å². The number of aromatic nitrogens is 1. The van der Waals surface area contributed by atoms with Crippen molar-refractivity contribution >= 4 is 39.9 Å². The summed E-state index contributed by atoms with van der Waals surface area (Å²) in [6.45, 7) is 3.72. The predicted molar refractivity (Wildman–Crippen MR) is 131 cm³/mol. The van der Waals surface area contributed by atoms with Gasteiger partial charge < -0.3 is 19.9 Å². The molecule has 0 unspecified atom stereocenters. The minimum atomic E-state index is -0.607. The lowest BCUT2D eigenvalue weighted by molar-refractivity contribution is -0.118. The third-order valence-corrected chi connectivity index (χ3v) is 6.29. The fourth-order valence-corrected chi connectivity index (χ4v) is 4.32. The minimum absolute atomic E-state index is 0.0183. The quantitative estimate of drug-likeness (QED) is 0.556. The fourth-order valence-electron chi connectivity index (χ4n) is 4.16. The first kappa shape index (κ1) is 23.3. The van der Waals surface area contributed by atoms with Gasteiger partial charge in [0.05, 0.1) is 5.52 Å². The third kappa shape index (κ3) is 5.54. The molecule has 0 bridgehead atoms. The van der Waals surface area contributed by atoms with Gasteiger partial charge in [0, 0.05) is 35.2 Å². The third-order valence-electron chi connectivity index (χ3n) is 6.06. The van der Waals surface area contributed by atoms with Crippen LogP contribution in [0.2, 0.25) is 5.02 Å². The molecule has 174 valence electrons. The Morgan fingerprint density at radius 2 is 1.97 bits per heavy atom. The van der Waals surface area contributed by atoms with Crippen LogP contribution in [-0.4, -0.2) is 55.6 Å². The van der Waals surface area contributed by atoms with Crippen LogP contribution in [-0.2, 0) is 4.79 Å². The molecular formula is C25H28ClFN4O2. The van der Waals surface area contributed by atoms with Gasteiger partial charge in [-0.15, -0.1) is 0 Å². The van der Waals surface area contributed by atoms with Crippen molar-refractivity contribution in [1.82, 2.24) is 9.88 Å². The number of rotatable bonds is 6. The normalized spacial score (nSPS) is 14.7. The first-order valence-electron chi connectivity index (χ1n) is 11.0. The number of ether oxygens (including phenoxy) is 1. The number of carbonyl (C=O) groups is 1. The van der Waals surface area contributed by atoms with E-state index in [9.17, 15) is 9.18 Å². The molecule has 1 N–H and O–H groups in total. The maximum Gasteiger partial charge on any atom is 0.262 e. The SMILES string of the molecule is Cc1cc(N2CCC(N(C)C)CC2)nc2ccc(NC(=O)COc3ccc(Cl)cc3F)cc12. The van der Waals surface area contributed by atoms with Crippen LogP contribution in [0.15, 0.2) is 42.5 Å². The Kier molecular flexibility index (Phi) is 7.00. The molecule has 1 fully saturated rings. The van der Waals surface area contributed by atoms with Crippen LogP contribution in [0.4, 0.5) is 15.9 Å². The molecule has 0 spiro atoms. The lowest BCUT2D eigenvalue weighted by Gasteiger charge is -2.36. The van der Waals surface area contributed by atoms with Gasteiger partial charge in [0.25, 0.3) is 5.91 Å². The summed E-state index contributed by atoms with van der Waals surface area (Å²) < 4.78 is 19.1. The average molecular weight is 471 g/mol. The van der Waals surface area contributed by atoms with Crippen molar-refractivity contribution in [3.8, 4) is 5.75 Å². The maximum atomic E-state index is 13.8. The smallest absolute Gasteiger partial charge is 0.262 e. The van der Waals surface area contributed by atoms with Crippen molar-refractivity contribution in [2.45, 2.75) is 25.8 Å². The molecule has 1 aliphatic heterocycles. The van der Waals surface area contributed by atoms with E-state index in [1.165, 1.54) is 12.1 Å². The molecule has 2 heterocycles. The van der Waals surface area contributed by atoms with Crippen LogP contribution in [0, 0.1) is 12.7 Å². The lowest BCUT2D eigenvalue weighted by atomic mass is 10.0. The number of benzene rings is 2. The van der Waals surface area contributed by atoms with E-state index in [2.05, 4.69) is 42.2 Å². The summed E-state index contributed by atoms with van der Waals surface area (Å²) in [7, 11) is 4.27. The standard InChI is InChI=1S/C25H28ClFN4O2/c1-16-12-24(31-10-8-19(9-11-31)30(2)3)29-22-6-5-18(14-20(16)22)28-25(32)15-33-23-7-4-17(26)13-21(23)27/h4-7,12-14,19H,8-11,15H2,1-3H3,(H,28,32). The number of nitrogens with zero attached hydrogens (tertiary/aromatic N) is 3. The maximum absolute atomic E-state index is 13.8. The van der Waals surface area contributed by atoms with Gasteiger partial charge in [-0.3, -0.25) is 4.79 Å². The van der Waals surface area contributed by atoms with Crippen molar-refractivity contribution in [2.24, 2.45) is 0 Å². The van der Waals surface area contributed by atoms with Crippen LogP contribution in [0.3, 0.4) is 0 Å². The highest BCUT2D eigenvalue weighted by Gasteiger charge is 2.22. The second kappa shape index (κ2) is 9.93. The molecular weight excluding hydrogens is 443 g/mol. The predicted octanol–water partition coefficient (Wildman–Crippen LogP) is 4.88. The Morgan fingerprint density at radius 3 is 2.67 bits per heavy atom. The highest BCUT2D eigenvalue weighted by molar-refractivity contribution is 6.30. The van der Waals surface area contributed by atoms with Gasteiger partial charge in [0.15, 0.2) is 18.2 Å². The summed E-state index contributed by atoms with van der Waals surface area (Å²) in [5.41, 5.74) is 2.62. The number of anilines is 2. The summed E-state index contributed by atoms with van der Waals surface area (Å²) >= 11 is 5.73. The number of amides is 1. The molecule has 2 aromatic carbocycles. The molecule has 0 atom stereocenters. The topological polar surface area (TPSA) is 57.7 Å². The summed E-state index contributed by atoms with van der Waals surface area (Å²) in [6.07, 6.45) is 2.25. The first-order chi connectivity index (χ1) is 15.8. The number of hydrogen-bond donors (Lipinski definition) is 1. The highest BCUT2D eigenvalue weighted by Crippen LogP contribution is 2.27. The molecule has 3 aromatic rings. The zero-order valence-electron chi connectivity index (χ0n) is 19.1. The Morgan fingerprint density at radius 1 is 1.21 bits per heavy atom. The molecule has 1 aromatic heterocycles. The number of halogens is 2. The van der Waals surface area contributed by atoms with Crippen molar-refractivity contribution < 1.29 is 13.9 Å². The number of pyridine rings is 1. The molecule has 1 saturated heterocycles. The van der Waals surface area contributed by atoms with E-state index in [4.69, 9.17) is 21.3 Å². The van der Waals surface area contributed by atoms with Gasteiger partial charge in [0.2, 0.25) is 0 Å². The lowest BCUT2D eigenvalue weighted by Crippen LogP contribution is -2.42. The van der Waals surface area contributed by atoms with Crippen molar-refractivity contribution in [1.29, 1.82) is 0 Å². The van der Waals surface area contributed by atoms with Crippen molar-refractivity contribution in [2.75, 3.05) is 44.0 Å². The zero-order valence-corrected chi connectivity index (χ0v) is 19.8. The van der Waals surface area contributed by atoms with Gasteiger partial charge >= 0.3 is 0 Å². The van der Waals surface area contributed by atoms with Gasteiger partial charge in [-0.25, -0.2) is 9.37 Å². The van der Waals surface area contributed by atoms with Crippen molar-refractivity contribution in [3.63, 3.8) is 0 Å². The summed E-state index contributed by atoms with van der Waals surface area (Å²) in [4.78, 5) is 21.8. The largest absolute Gasteiger partial charge is 0.481 e. The van der Waals surface area contributed by atoms with Gasteiger partial charge in [0.1, 0.15) is 5.82 Å². The number of nitrogens with one attached hydrogen (secondary N) is 1. The van der Waals surface area contributed by atoms with E-state index in [1.807, 2.05) is 18.2 Å². The first-order valence-corrected chi connectivity index (χ1v) is 11.4. The molecule has 0 saturated carbocycles. The molecule has 1 amide bonds. The van der Waals surface area contributed by atoms with Crippen LogP contribution in [0.5, 0.6) is 5.75 Å². The molecule has 0 radical (unpaired) electrons. The van der Waals surface area contributed by atoms with Crippen LogP contribution in [0.25, 0.3) is 10.9 Å². The second-order valence-electron chi connectivity index (χ2n) is 8.62. The number of aryl methyl sites for hydroxylation is 1. The van der Waals surface area contributed by atoms with E-state index < -0.39 is 5.82 Å². The van der Waals surface area contributed by atoms with E-state index in [0.717, 1.165) is 54.3 Å². The van der Waals surface area contributed by atoms with Gasteiger partial charge in [-0.2, -0.15) is 0 Å². The number of carbonyl (C=O) groups excluding carboxylic acids is 1. The van der Waals surface area contributed by atoms with Gasteiger partial charge in [-0.05, 0) is 81.9 Å². The molecule has 6 nitrogen and oxygen atoms in total. The summed E-state index contributed by atoms with van der Waals surface area (Å²) in [5, 5.41) is 4.05. The molecule has 4 rings (SSSR count). The summed E-state index contributed by atoms with van der Waals surface area (Å²) in [5.74, 6) is -0.0122. The Labute approximate surface area is 198 Å². The Hall–Kier alpha value is -2.90. The van der Waals surface area contributed by atoms with E-state index in [0.29, 0.717) is 11.7 Å². The highest BCUT2D eigenvalue weighted by atomic mass is 35.5. The minimum Gasteiger partial charge on any atom is -0.481 e. The average Bonchev–Trinajstić information content (AvgIpc) is 2.79. The van der Waals surface area contributed by atoms with E-state index >= 15 is 0 Å². The molecule has 0 aliphatic carbocycles. The molecule has 33 heavy (non-hydrogen) atoms. The molecule has 1 aliphatic rings. The number of fused-ring (bicyclic) bond motifs is 1. The molecule has 8 heteroatoms. The summed E-state index contributed by atoms with van der Waals surface area (Å²) in [6, 6.07) is 12.4. The van der Waals surface area contributed by atoms with Crippen LogP contribution >= 0.6 is 11.6 Å². The van der Waals surface area contributed by atoms with Gasteiger partial charge in [-0.1, -0.05) is 11.6 Å². The monoisotopic (exact) mass is 470 g/mol.